The van der Waals surface area contributed by atoms with Crippen LogP contribution in [0.2, 0.25) is 0 Å². The Kier molecular flexibility index (Phi) is 4.84. The molecule has 0 heterocycles. The summed E-state index contributed by atoms with van der Waals surface area (Å²) < 4.78 is 1.12. The third-order valence-corrected chi connectivity index (χ3v) is 3.28. The summed E-state index contributed by atoms with van der Waals surface area (Å²) >= 11 is 5.36. The lowest BCUT2D eigenvalue weighted by Crippen LogP contribution is -1.96. The van der Waals surface area contributed by atoms with Crippen LogP contribution in [-0.4, -0.2) is 5.75 Å². The van der Waals surface area contributed by atoms with E-state index in [1.165, 1.54) is 22.6 Å². The average molecular weight is 260 g/mol. The molecule has 0 spiro atoms. The molecule has 0 aromatic heterocycles. The van der Waals surface area contributed by atoms with Crippen LogP contribution in [0.4, 0.5) is 0 Å². The molecule has 0 unspecified atom stereocenters. The Bertz CT molecular complexity index is 276. The molecular formula is C10H14BrNS. The molecule has 0 fully saturated rings. The monoisotopic (exact) mass is 259 g/mol. The van der Waals surface area contributed by atoms with E-state index in [9.17, 15) is 0 Å². The first-order chi connectivity index (χ1) is 6.26. The van der Waals surface area contributed by atoms with Gasteiger partial charge in [0.05, 0.1) is 0 Å². The van der Waals surface area contributed by atoms with E-state index in [1.54, 1.807) is 0 Å². The smallest absolute Gasteiger partial charge is 0.0189 e. The summed E-state index contributed by atoms with van der Waals surface area (Å²) in [6.45, 7) is 2.80. The number of nitrogens with two attached hydrogens (primary N) is 1. The Morgan fingerprint density at radius 2 is 2.15 bits per heavy atom. The summed E-state index contributed by atoms with van der Waals surface area (Å²) in [7, 11) is 0. The molecule has 0 atom stereocenters. The molecule has 0 bridgehead atoms. The summed E-state index contributed by atoms with van der Waals surface area (Å²) in [6, 6.07) is 6.36. The highest BCUT2D eigenvalue weighted by molar-refractivity contribution is 9.10. The molecule has 3 heteroatoms. The van der Waals surface area contributed by atoms with Gasteiger partial charge in [-0.15, -0.1) is 11.8 Å². The second kappa shape index (κ2) is 5.68. The van der Waals surface area contributed by atoms with Gasteiger partial charge in [-0.25, -0.2) is 0 Å². The normalized spacial score (nSPS) is 10.4. The van der Waals surface area contributed by atoms with E-state index in [2.05, 4.69) is 41.1 Å². The van der Waals surface area contributed by atoms with Crippen molar-refractivity contribution in [2.24, 2.45) is 5.73 Å². The predicted molar refractivity (Wildman–Crippen MR) is 63.0 cm³/mol. The van der Waals surface area contributed by atoms with E-state index in [1.807, 2.05) is 11.8 Å². The maximum absolute atomic E-state index is 5.59. The van der Waals surface area contributed by atoms with Gasteiger partial charge in [-0.1, -0.05) is 22.9 Å². The summed E-state index contributed by atoms with van der Waals surface area (Å²) in [6.07, 6.45) is 1.20. The predicted octanol–water partition coefficient (Wildman–Crippen LogP) is 3.41. The van der Waals surface area contributed by atoms with Crippen LogP contribution in [0.5, 0.6) is 0 Å². The zero-order chi connectivity index (χ0) is 9.68. The van der Waals surface area contributed by atoms with Crippen LogP contribution in [0.15, 0.2) is 27.6 Å². The van der Waals surface area contributed by atoms with Crippen molar-refractivity contribution in [3.05, 3.63) is 28.2 Å². The minimum absolute atomic E-state index is 0.610. The molecule has 0 radical (unpaired) electrons. The average Bonchev–Trinajstić information content (AvgIpc) is 2.14. The highest BCUT2D eigenvalue weighted by Gasteiger charge is 1.98. The molecule has 1 aromatic rings. The lowest BCUT2D eigenvalue weighted by Gasteiger charge is -2.04. The molecule has 2 N–H and O–H groups in total. The van der Waals surface area contributed by atoms with Crippen molar-refractivity contribution in [3.8, 4) is 0 Å². The lowest BCUT2D eigenvalue weighted by atomic mass is 10.2. The fourth-order valence-electron chi connectivity index (χ4n) is 1.04. The Labute approximate surface area is 92.2 Å². The Balaban J connectivity index is 2.76. The highest BCUT2D eigenvalue weighted by Crippen LogP contribution is 2.24. The number of hydrogen-bond donors (Lipinski definition) is 1. The molecule has 0 saturated carbocycles. The molecule has 0 aliphatic rings. The van der Waals surface area contributed by atoms with Crippen molar-refractivity contribution >= 4 is 27.7 Å². The van der Waals surface area contributed by atoms with Gasteiger partial charge in [-0.2, -0.15) is 0 Å². The first kappa shape index (κ1) is 11.1. The van der Waals surface area contributed by atoms with Crippen LogP contribution >= 0.6 is 27.7 Å². The molecule has 1 rings (SSSR count). The zero-order valence-corrected chi connectivity index (χ0v) is 10.1. The summed E-state index contributed by atoms with van der Waals surface area (Å²) in [5, 5.41) is 0. The van der Waals surface area contributed by atoms with Crippen LogP contribution < -0.4 is 5.73 Å². The fraction of sp³-hybridized carbons (Fsp3) is 0.400. The van der Waals surface area contributed by atoms with Gasteiger partial charge >= 0.3 is 0 Å². The molecule has 0 aliphatic carbocycles. The van der Waals surface area contributed by atoms with E-state index < -0.39 is 0 Å². The van der Waals surface area contributed by atoms with Crippen molar-refractivity contribution in [1.29, 1.82) is 0 Å². The van der Waals surface area contributed by atoms with Gasteiger partial charge in [-0.05, 0) is 35.9 Å². The first-order valence-electron chi connectivity index (χ1n) is 4.38. The van der Waals surface area contributed by atoms with E-state index >= 15 is 0 Å². The Morgan fingerprint density at radius 3 is 2.77 bits per heavy atom. The second-order valence-corrected chi connectivity index (χ2v) is 4.93. The van der Waals surface area contributed by atoms with Gasteiger partial charge < -0.3 is 5.73 Å². The number of hydrogen-bond acceptors (Lipinski definition) is 2. The maximum Gasteiger partial charge on any atom is 0.0189 e. The number of benzene rings is 1. The van der Waals surface area contributed by atoms with E-state index in [4.69, 9.17) is 5.73 Å². The topological polar surface area (TPSA) is 26.0 Å². The van der Waals surface area contributed by atoms with Gasteiger partial charge in [0, 0.05) is 15.9 Å². The third kappa shape index (κ3) is 3.71. The Hall–Kier alpha value is 0.01000. The highest BCUT2D eigenvalue weighted by atomic mass is 79.9. The minimum Gasteiger partial charge on any atom is -0.326 e. The zero-order valence-electron chi connectivity index (χ0n) is 7.72. The number of thioether (sulfide) groups is 1. The molecule has 13 heavy (non-hydrogen) atoms. The molecule has 0 aliphatic heterocycles. The quantitative estimate of drug-likeness (QED) is 0.839. The maximum atomic E-state index is 5.59. The van der Waals surface area contributed by atoms with Crippen LogP contribution in [-0.2, 0) is 6.54 Å². The Morgan fingerprint density at radius 1 is 1.38 bits per heavy atom. The van der Waals surface area contributed by atoms with Crippen molar-refractivity contribution < 1.29 is 0 Å². The number of rotatable bonds is 4. The van der Waals surface area contributed by atoms with Gasteiger partial charge in [0.2, 0.25) is 0 Å². The minimum atomic E-state index is 0.610. The van der Waals surface area contributed by atoms with E-state index in [-0.39, 0.29) is 0 Å². The van der Waals surface area contributed by atoms with Crippen LogP contribution in [0.1, 0.15) is 18.9 Å². The van der Waals surface area contributed by atoms with Crippen molar-refractivity contribution in [2.75, 3.05) is 5.75 Å². The standard InChI is InChI=1S/C10H14BrNS/c1-2-3-13-10-5-8(7-12)4-9(11)6-10/h4-6H,2-3,7,12H2,1H3. The molecular weight excluding hydrogens is 246 g/mol. The summed E-state index contributed by atoms with van der Waals surface area (Å²) in [4.78, 5) is 1.30. The fourth-order valence-corrected chi connectivity index (χ4v) is 2.62. The van der Waals surface area contributed by atoms with Gasteiger partial charge in [0.25, 0.3) is 0 Å². The lowest BCUT2D eigenvalue weighted by molar-refractivity contribution is 1.05. The van der Waals surface area contributed by atoms with Crippen LogP contribution in [0.25, 0.3) is 0 Å². The van der Waals surface area contributed by atoms with E-state index in [0.29, 0.717) is 6.54 Å². The summed E-state index contributed by atoms with van der Waals surface area (Å²) in [5.74, 6) is 1.17. The molecule has 72 valence electrons. The van der Waals surface area contributed by atoms with Gasteiger partial charge in [0.1, 0.15) is 0 Å². The van der Waals surface area contributed by atoms with E-state index in [0.717, 1.165) is 4.47 Å². The third-order valence-electron chi connectivity index (χ3n) is 1.64. The SMILES string of the molecule is CCCSc1cc(Br)cc(CN)c1. The van der Waals surface area contributed by atoms with Gasteiger partial charge in [-0.3, -0.25) is 0 Å². The van der Waals surface area contributed by atoms with Crippen molar-refractivity contribution in [2.45, 2.75) is 24.8 Å². The van der Waals surface area contributed by atoms with Crippen LogP contribution in [0.3, 0.4) is 0 Å². The molecule has 0 saturated heterocycles. The first-order valence-corrected chi connectivity index (χ1v) is 6.16. The second-order valence-electron chi connectivity index (χ2n) is 2.85. The van der Waals surface area contributed by atoms with Crippen molar-refractivity contribution in [1.82, 2.24) is 0 Å². The molecule has 0 amide bonds. The van der Waals surface area contributed by atoms with Crippen LogP contribution in [0, 0.1) is 0 Å². The van der Waals surface area contributed by atoms with Gasteiger partial charge in [0.15, 0.2) is 0 Å². The summed E-state index contributed by atoms with van der Waals surface area (Å²) in [5.41, 5.74) is 6.77. The largest absolute Gasteiger partial charge is 0.326 e. The van der Waals surface area contributed by atoms with Crippen molar-refractivity contribution in [3.63, 3.8) is 0 Å². The molecule has 1 nitrogen and oxygen atoms in total. The number of halogens is 1. The molecule has 1 aromatic carbocycles.